The summed E-state index contributed by atoms with van der Waals surface area (Å²) in [4.78, 5) is 11.5. The number of rotatable bonds is 4. The van der Waals surface area contributed by atoms with Crippen LogP contribution < -0.4 is 15.5 Å². The van der Waals surface area contributed by atoms with E-state index in [1.54, 1.807) is 0 Å². The lowest BCUT2D eigenvalue weighted by Gasteiger charge is -2.34. The van der Waals surface area contributed by atoms with Crippen LogP contribution in [0.4, 0.5) is 11.8 Å². The molecule has 0 bridgehead atoms. The van der Waals surface area contributed by atoms with E-state index in [9.17, 15) is 0 Å². The molecule has 1 saturated heterocycles. The number of piperidine rings is 1. The van der Waals surface area contributed by atoms with Gasteiger partial charge in [-0.1, -0.05) is 30.3 Å². The molecule has 6 heteroatoms. The third kappa shape index (κ3) is 4.89. The molecule has 0 saturated carbocycles. The molecule has 1 aromatic carbocycles. The summed E-state index contributed by atoms with van der Waals surface area (Å²) in [6.45, 7) is 5.98. The molecule has 0 radical (unpaired) electrons. The van der Waals surface area contributed by atoms with Crippen molar-refractivity contribution in [2.24, 2.45) is 0 Å². The van der Waals surface area contributed by atoms with Gasteiger partial charge >= 0.3 is 0 Å². The number of benzene rings is 1. The molecule has 1 aliphatic heterocycles. The molecule has 0 aliphatic carbocycles. The zero-order valence-corrected chi connectivity index (χ0v) is 15.6. The monoisotopic (exact) mass is 355 g/mol. The van der Waals surface area contributed by atoms with Gasteiger partial charge < -0.3 is 15.5 Å². The maximum Gasteiger partial charge on any atom is 0.231 e. The third-order valence-corrected chi connectivity index (χ3v) is 4.71. The fourth-order valence-corrected chi connectivity index (χ4v) is 3.28. The third-order valence-electron chi connectivity index (χ3n) is 4.46. The Morgan fingerprint density at radius 2 is 2.04 bits per heavy atom. The zero-order valence-electron chi connectivity index (χ0n) is 14.8. The Balaban J connectivity index is 1.64. The summed E-state index contributed by atoms with van der Waals surface area (Å²) in [5.74, 6) is 1.53. The van der Waals surface area contributed by atoms with E-state index in [2.05, 4.69) is 44.6 Å². The fourth-order valence-electron chi connectivity index (χ4n) is 3.12. The molecule has 2 N–H and O–H groups in total. The average Bonchev–Trinajstić information content (AvgIpc) is 2.61. The van der Waals surface area contributed by atoms with Crippen molar-refractivity contribution in [2.45, 2.75) is 45.7 Å². The highest BCUT2D eigenvalue weighted by Gasteiger charge is 2.20. The lowest BCUT2D eigenvalue weighted by Crippen LogP contribution is -2.38. The van der Waals surface area contributed by atoms with Crippen LogP contribution in [0.5, 0.6) is 0 Å². The minimum atomic E-state index is 0.513. The average molecular weight is 356 g/mol. The number of anilines is 2. The van der Waals surface area contributed by atoms with Gasteiger partial charge in [0.15, 0.2) is 5.11 Å². The topological polar surface area (TPSA) is 53.1 Å². The van der Waals surface area contributed by atoms with Gasteiger partial charge in [-0.15, -0.1) is 0 Å². The standard InChI is InChI=1S/C19H25N5S/c1-14-12-17(24-11-7-6-8-15(24)2)22-18(21-14)23-19(25)20-13-16-9-4-3-5-10-16/h3-5,9-10,12,15H,6-8,11,13H2,1-2H3,(H2,20,21,22,23,25)/t15-/m1/s1. The van der Waals surface area contributed by atoms with E-state index >= 15 is 0 Å². The van der Waals surface area contributed by atoms with Crippen molar-refractivity contribution in [1.82, 2.24) is 15.3 Å². The van der Waals surface area contributed by atoms with Gasteiger partial charge in [0.05, 0.1) is 0 Å². The molecule has 0 unspecified atom stereocenters. The highest BCUT2D eigenvalue weighted by atomic mass is 32.1. The molecule has 1 atom stereocenters. The van der Waals surface area contributed by atoms with Crippen LogP contribution in [0.25, 0.3) is 0 Å². The summed E-state index contributed by atoms with van der Waals surface area (Å²) in [6.07, 6.45) is 3.72. The van der Waals surface area contributed by atoms with E-state index in [1.807, 2.05) is 31.2 Å². The Kier molecular flexibility index (Phi) is 5.81. The lowest BCUT2D eigenvalue weighted by molar-refractivity contribution is 0.481. The molecule has 25 heavy (non-hydrogen) atoms. The molecule has 2 heterocycles. The van der Waals surface area contributed by atoms with Gasteiger partial charge in [0.1, 0.15) is 5.82 Å². The number of hydrogen-bond donors (Lipinski definition) is 2. The Bertz CT molecular complexity index is 719. The molecule has 132 valence electrons. The van der Waals surface area contributed by atoms with Crippen LogP contribution in [0, 0.1) is 6.92 Å². The van der Waals surface area contributed by atoms with Gasteiger partial charge in [0.2, 0.25) is 5.95 Å². The van der Waals surface area contributed by atoms with E-state index in [4.69, 9.17) is 12.2 Å². The van der Waals surface area contributed by atoms with Gasteiger partial charge in [-0.3, -0.25) is 0 Å². The number of thiocarbonyl (C=S) groups is 1. The van der Waals surface area contributed by atoms with Gasteiger partial charge in [0, 0.05) is 30.9 Å². The highest BCUT2D eigenvalue weighted by molar-refractivity contribution is 7.80. The molecule has 1 fully saturated rings. The first kappa shape index (κ1) is 17.6. The minimum absolute atomic E-state index is 0.513. The second kappa shape index (κ2) is 8.25. The van der Waals surface area contributed by atoms with Crippen molar-refractivity contribution in [3.63, 3.8) is 0 Å². The van der Waals surface area contributed by atoms with Crippen LogP contribution in [0.15, 0.2) is 36.4 Å². The quantitative estimate of drug-likeness (QED) is 0.817. The molecule has 1 aromatic heterocycles. The second-order valence-electron chi connectivity index (χ2n) is 6.52. The van der Waals surface area contributed by atoms with E-state index in [0.29, 0.717) is 23.6 Å². The maximum atomic E-state index is 5.39. The first-order valence-electron chi connectivity index (χ1n) is 8.83. The Labute approximate surface area is 154 Å². The van der Waals surface area contributed by atoms with Crippen LogP contribution in [0.3, 0.4) is 0 Å². The fraction of sp³-hybridized carbons (Fsp3) is 0.421. The molecule has 5 nitrogen and oxygen atoms in total. The maximum absolute atomic E-state index is 5.39. The second-order valence-corrected chi connectivity index (χ2v) is 6.93. The minimum Gasteiger partial charge on any atom is -0.358 e. The molecule has 2 aromatic rings. The summed E-state index contributed by atoms with van der Waals surface area (Å²) in [7, 11) is 0. The van der Waals surface area contributed by atoms with Crippen LogP contribution in [0.1, 0.15) is 37.4 Å². The molecular weight excluding hydrogens is 330 g/mol. The molecule has 1 aliphatic rings. The SMILES string of the molecule is Cc1cc(N2CCCC[C@H]2C)nc(NC(=S)NCc2ccccc2)n1. The number of aromatic nitrogens is 2. The normalized spacial score (nSPS) is 17.2. The smallest absolute Gasteiger partial charge is 0.231 e. The summed E-state index contributed by atoms with van der Waals surface area (Å²) >= 11 is 5.39. The van der Waals surface area contributed by atoms with Gasteiger partial charge in [-0.05, 0) is 50.9 Å². The van der Waals surface area contributed by atoms with Crippen LogP contribution in [-0.2, 0) is 6.54 Å². The van der Waals surface area contributed by atoms with Crippen molar-refractivity contribution in [1.29, 1.82) is 0 Å². The van der Waals surface area contributed by atoms with Crippen LogP contribution in [-0.4, -0.2) is 27.7 Å². The summed E-state index contributed by atoms with van der Waals surface area (Å²) in [6, 6.07) is 12.7. The van der Waals surface area contributed by atoms with Gasteiger partial charge in [-0.2, -0.15) is 4.98 Å². The molecule has 3 rings (SSSR count). The van der Waals surface area contributed by atoms with E-state index in [1.165, 1.54) is 24.8 Å². The molecule has 0 amide bonds. The largest absolute Gasteiger partial charge is 0.358 e. The van der Waals surface area contributed by atoms with Crippen LogP contribution >= 0.6 is 12.2 Å². The first-order valence-corrected chi connectivity index (χ1v) is 9.24. The number of nitrogens with one attached hydrogen (secondary N) is 2. The predicted molar refractivity (Wildman–Crippen MR) is 107 cm³/mol. The van der Waals surface area contributed by atoms with Crippen molar-refractivity contribution in [3.05, 3.63) is 47.7 Å². The van der Waals surface area contributed by atoms with Gasteiger partial charge in [0.25, 0.3) is 0 Å². The zero-order chi connectivity index (χ0) is 17.6. The van der Waals surface area contributed by atoms with E-state index in [0.717, 1.165) is 18.1 Å². The van der Waals surface area contributed by atoms with Crippen LogP contribution in [0.2, 0.25) is 0 Å². The Morgan fingerprint density at radius 3 is 2.80 bits per heavy atom. The summed E-state index contributed by atoms with van der Waals surface area (Å²) in [5, 5.41) is 6.85. The predicted octanol–water partition coefficient (Wildman–Crippen LogP) is 3.65. The Hall–Kier alpha value is -2.21. The summed E-state index contributed by atoms with van der Waals surface area (Å²) < 4.78 is 0. The Morgan fingerprint density at radius 1 is 1.24 bits per heavy atom. The van der Waals surface area contributed by atoms with Gasteiger partial charge in [-0.25, -0.2) is 4.98 Å². The lowest BCUT2D eigenvalue weighted by atomic mass is 10.0. The number of nitrogens with zero attached hydrogens (tertiary/aromatic N) is 3. The first-order chi connectivity index (χ1) is 12.1. The van der Waals surface area contributed by atoms with Crippen molar-refractivity contribution >= 4 is 29.1 Å². The summed E-state index contributed by atoms with van der Waals surface area (Å²) in [5.41, 5.74) is 2.12. The van der Waals surface area contributed by atoms with E-state index < -0.39 is 0 Å². The number of aryl methyl sites for hydroxylation is 1. The van der Waals surface area contributed by atoms with Crippen molar-refractivity contribution in [2.75, 3.05) is 16.8 Å². The molecular formula is C19H25N5S. The molecule has 0 spiro atoms. The van der Waals surface area contributed by atoms with E-state index in [-0.39, 0.29) is 0 Å². The van der Waals surface area contributed by atoms with Crippen molar-refractivity contribution < 1.29 is 0 Å². The van der Waals surface area contributed by atoms with Crippen molar-refractivity contribution in [3.8, 4) is 0 Å². The highest BCUT2D eigenvalue weighted by Crippen LogP contribution is 2.24. The number of hydrogen-bond acceptors (Lipinski definition) is 4.